The SMILES string of the molecule is CC(C)=CC(=O)OC1CC(C)=C2C(=O)C=C(C)C2C2OC(=O)C(C)C12. The van der Waals surface area contributed by atoms with Gasteiger partial charge in [0.1, 0.15) is 12.2 Å². The second-order valence-electron chi connectivity index (χ2n) is 7.59. The van der Waals surface area contributed by atoms with Crippen LogP contribution < -0.4 is 0 Å². The summed E-state index contributed by atoms with van der Waals surface area (Å²) in [7, 11) is 0. The number of ketones is 1. The molecular weight excluding hydrogens is 320 g/mol. The van der Waals surface area contributed by atoms with Crippen LogP contribution in [-0.4, -0.2) is 29.9 Å². The lowest BCUT2D eigenvalue weighted by Crippen LogP contribution is -2.37. The first-order valence-corrected chi connectivity index (χ1v) is 8.69. The fourth-order valence-electron chi connectivity index (χ4n) is 4.33. The van der Waals surface area contributed by atoms with E-state index in [1.165, 1.54) is 6.08 Å². The van der Waals surface area contributed by atoms with Gasteiger partial charge in [0, 0.05) is 29.9 Å². The molecule has 25 heavy (non-hydrogen) atoms. The van der Waals surface area contributed by atoms with Crippen molar-refractivity contribution in [1.82, 2.24) is 0 Å². The second kappa shape index (κ2) is 6.28. The predicted octanol–water partition coefficient (Wildman–Crippen LogP) is 2.91. The number of esters is 2. The summed E-state index contributed by atoms with van der Waals surface area (Å²) in [6, 6.07) is 0. The van der Waals surface area contributed by atoms with Crippen molar-refractivity contribution in [1.29, 1.82) is 0 Å². The second-order valence-corrected chi connectivity index (χ2v) is 7.59. The third-order valence-electron chi connectivity index (χ3n) is 5.41. The van der Waals surface area contributed by atoms with E-state index >= 15 is 0 Å². The van der Waals surface area contributed by atoms with E-state index in [9.17, 15) is 14.4 Å². The first-order chi connectivity index (χ1) is 11.7. The summed E-state index contributed by atoms with van der Waals surface area (Å²) >= 11 is 0. The third kappa shape index (κ3) is 2.96. The maximum absolute atomic E-state index is 12.4. The lowest BCUT2D eigenvalue weighted by Gasteiger charge is -2.29. The summed E-state index contributed by atoms with van der Waals surface area (Å²) in [5.41, 5.74) is 3.38. The highest BCUT2D eigenvalue weighted by atomic mass is 16.6. The Morgan fingerprint density at radius 3 is 2.60 bits per heavy atom. The number of carbonyl (C=O) groups excluding carboxylic acids is 3. The van der Waals surface area contributed by atoms with E-state index in [1.807, 2.05) is 34.6 Å². The summed E-state index contributed by atoms with van der Waals surface area (Å²) in [5, 5.41) is 0. The van der Waals surface area contributed by atoms with Crippen LogP contribution in [0.5, 0.6) is 0 Å². The van der Waals surface area contributed by atoms with Crippen molar-refractivity contribution in [3.8, 4) is 0 Å². The Morgan fingerprint density at radius 1 is 1.28 bits per heavy atom. The molecule has 0 spiro atoms. The van der Waals surface area contributed by atoms with Gasteiger partial charge in [0.25, 0.3) is 0 Å². The molecule has 0 aromatic rings. The first-order valence-electron chi connectivity index (χ1n) is 8.69. The fourth-order valence-corrected chi connectivity index (χ4v) is 4.33. The van der Waals surface area contributed by atoms with Crippen LogP contribution in [0.15, 0.2) is 34.4 Å². The number of ether oxygens (including phenoxy) is 2. The molecule has 1 aliphatic heterocycles. The monoisotopic (exact) mass is 344 g/mol. The highest BCUT2D eigenvalue weighted by molar-refractivity contribution is 6.09. The molecule has 0 N–H and O–H groups in total. The first kappa shape index (κ1) is 17.6. The Labute approximate surface area is 147 Å². The Bertz CT molecular complexity index is 735. The smallest absolute Gasteiger partial charge is 0.330 e. The minimum Gasteiger partial charge on any atom is -0.461 e. The molecule has 0 radical (unpaired) electrons. The van der Waals surface area contributed by atoms with Gasteiger partial charge in [-0.1, -0.05) is 23.6 Å². The fraction of sp³-hybridized carbons (Fsp3) is 0.550. The van der Waals surface area contributed by atoms with Crippen LogP contribution in [-0.2, 0) is 23.9 Å². The molecule has 5 atom stereocenters. The molecule has 3 rings (SSSR count). The Balaban J connectivity index is 2.01. The van der Waals surface area contributed by atoms with Crippen molar-refractivity contribution in [3.05, 3.63) is 34.4 Å². The van der Waals surface area contributed by atoms with Gasteiger partial charge in [-0.05, 0) is 33.8 Å². The molecule has 1 saturated heterocycles. The van der Waals surface area contributed by atoms with Crippen molar-refractivity contribution in [3.63, 3.8) is 0 Å². The van der Waals surface area contributed by atoms with E-state index < -0.39 is 18.2 Å². The average Bonchev–Trinajstić information content (AvgIpc) is 2.89. The van der Waals surface area contributed by atoms with Gasteiger partial charge in [-0.25, -0.2) is 4.79 Å². The molecule has 134 valence electrons. The minimum absolute atomic E-state index is 0.0226. The molecule has 0 bridgehead atoms. The third-order valence-corrected chi connectivity index (χ3v) is 5.41. The van der Waals surface area contributed by atoms with Crippen molar-refractivity contribution >= 4 is 17.7 Å². The minimum atomic E-state index is -0.478. The Morgan fingerprint density at radius 2 is 1.96 bits per heavy atom. The van der Waals surface area contributed by atoms with Crippen LogP contribution >= 0.6 is 0 Å². The molecule has 0 aromatic carbocycles. The van der Waals surface area contributed by atoms with Gasteiger partial charge in [-0.15, -0.1) is 0 Å². The number of fused-ring (bicyclic) bond motifs is 3. The zero-order valence-corrected chi connectivity index (χ0v) is 15.3. The summed E-state index contributed by atoms with van der Waals surface area (Å²) in [4.78, 5) is 36.8. The van der Waals surface area contributed by atoms with E-state index in [0.717, 1.165) is 16.7 Å². The van der Waals surface area contributed by atoms with Crippen LogP contribution in [0.4, 0.5) is 0 Å². The van der Waals surface area contributed by atoms with Gasteiger partial charge >= 0.3 is 11.9 Å². The zero-order chi connectivity index (χ0) is 18.5. The lowest BCUT2D eigenvalue weighted by atomic mass is 9.79. The van der Waals surface area contributed by atoms with Gasteiger partial charge < -0.3 is 9.47 Å². The topological polar surface area (TPSA) is 69.7 Å². The molecule has 5 unspecified atom stereocenters. The number of carbonyl (C=O) groups is 3. The van der Waals surface area contributed by atoms with Crippen molar-refractivity contribution in [2.24, 2.45) is 17.8 Å². The van der Waals surface area contributed by atoms with Crippen LogP contribution in [0.25, 0.3) is 0 Å². The van der Waals surface area contributed by atoms with Gasteiger partial charge in [0.05, 0.1) is 5.92 Å². The van der Waals surface area contributed by atoms with E-state index in [2.05, 4.69) is 0 Å². The van der Waals surface area contributed by atoms with E-state index in [0.29, 0.717) is 12.0 Å². The zero-order valence-electron chi connectivity index (χ0n) is 15.3. The number of rotatable bonds is 2. The summed E-state index contributed by atoms with van der Waals surface area (Å²) < 4.78 is 11.4. The lowest BCUT2D eigenvalue weighted by molar-refractivity contribution is -0.147. The van der Waals surface area contributed by atoms with E-state index in [-0.39, 0.29) is 29.5 Å². The molecule has 0 saturated carbocycles. The molecule has 0 amide bonds. The molecule has 5 heteroatoms. The standard InChI is InChI=1S/C20H24O5/c1-9(2)6-15(22)24-14-8-11(4)16-13(21)7-10(3)17(16)19-18(14)12(5)20(23)25-19/h6-7,12,14,17-19H,8H2,1-5H3. The van der Waals surface area contributed by atoms with E-state index in [1.54, 1.807) is 6.08 Å². The molecule has 1 heterocycles. The summed E-state index contributed by atoms with van der Waals surface area (Å²) in [5.74, 6) is -1.58. The average molecular weight is 344 g/mol. The number of allylic oxidation sites excluding steroid dienone is 2. The molecule has 2 aliphatic carbocycles. The van der Waals surface area contributed by atoms with Gasteiger partial charge in [0.15, 0.2) is 5.78 Å². The van der Waals surface area contributed by atoms with Crippen LogP contribution in [0.3, 0.4) is 0 Å². The summed E-state index contributed by atoms with van der Waals surface area (Å²) in [6.45, 7) is 9.26. The Hall–Kier alpha value is -2.17. The van der Waals surface area contributed by atoms with Crippen molar-refractivity contribution < 1.29 is 23.9 Å². The van der Waals surface area contributed by atoms with Crippen molar-refractivity contribution in [2.75, 3.05) is 0 Å². The van der Waals surface area contributed by atoms with Gasteiger partial charge in [-0.2, -0.15) is 0 Å². The molecule has 1 fully saturated rings. The molecular formula is C20H24O5. The highest BCUT2D eigenvalue weighted by Gasteiger charge is 2.55. The molecule has 0 aromatic heterocycles. The number of hydrogen-bond donors (Lipinski definition) is 0. The van der Waals surface area contributed by atoms with Crippen LogP contribution in [0, 0.1) is 17.8 Å². The maximum Gasteiger partial charge on any atom is 0.330 e. The van der Waals surface area contributed by atoms with Gasteiger partial charge in [-0.3, -0.25) is 9.59 Å². The van der Waals surface area contributed by atoms with Crippen LogP contribution in [0.1, 0.15) is 41.0 Å². The highest BCUT2D eigenvalue weighted by Crippen LogP contribution is 2.48. The maximum atomic E-state index is 12.4. The normalized spacial score (nSPS) is 34.0. The summed E-state index contributed by atoms with van der Waals surface area (Å²) in [6.07, 6.45) is 2.59. The van der Waals surface area contributed by atoms with E-state index in [4.69, 9.17) is 9.47 Å². The van der Waals surface area contributed by atoms with Gasteiger partial charge in [0.2, 0.25) is 0 Å². The largest absolute Gasteiger partial charge is 0.461 e. The predicted molar refractivity (Wildman–Crippen MR) is 91.4 cm³/mol. The molecule has 5 nitrogen and oxygen atoms in total. The van der Waals surface area contributed by atoms with Crippen LogP contribution in [0.2, 0.25) is 0 Å². The van der Waals surface area contributed by atoms with Crippen molar-refractivity contribution in [2.45, 2.75) is 53.2 Å². The number of hydrogen-bond acceptors (Lipinski definition) is 5. The molecule has 3 aliphatic rings. The Kier molecular flexibility index (Phi) is 4.43. The quantitative estimate of drug-likeness (QED) is 0.569.